The van der Waals surface area contributed by atoms with Crippen molar-refractivity contribution in [2.75, 3.05) is 7.05 Å². The van der Waals surface area contributed by atoms with Crippen molar-refractivity contribution in [2.45, 2.75) is 57.7 Å². The molecule has 1 fully saturated rings. The average Bonchev–Trinajstić information content (AvgIpc) is 2.46. The van der Waals surface area contributed by atoms with E-state index in [0.717, 1.165) is 11.5 Å². The van der Waals surface area contributed by atoms with Gasteiger partial charge in [0.15, 0.2) is 0 Å². The number of rotatable bonds is 4. The Labute approximate surface area is 122 Å². The van der Waals surface area contributed by atoms with Crippen molar-refractivity contribution in [2.24, 2.45) is 11.7 Å². The van der Waals surface area contributed by atoms with Crippen LogP contribution in [0.25, 0.3) is 0 Å². The van der Waals surface area contributed by atoms with Gasteiger partial charge in [0.2, 0.25) is 0 Å². The summed E-state index contributed by atoms with van der Waals surface area (Å²) < 4.78 is 13.0. The molecule has 0 bridgehead atoms. The molecule has 0 heterocycles. The number of hydrogen-bond donors (Lipinski definition) is 1. The normalized spacial score (nSPS) is 26.5. The quantitative estimate of drug-likeness (QED) is 0.909. The summed E-state index contributed by atoms with van der Waals surface area (Å²) in [5.41, 5.74) is 7.38. The monoisotopic (exact) mass is 278 g/mol. The Bertz CT molecular complexity index is 418. The lowest BCUT2D eigenvalue weighted by atomic mass is 9.85. The van der Waals surface area contributed by atoms with Gasteiger partial charge in [-0.2, -0.15) is 0 Å². The van der Waals surface area contributed by atoms with Gasteiger partial charge in [0, 0.05) is 18.1 Å². The summed E-state index contributed by atoms with van der Waals surface area (Å²) in [6, 6.07) is 7.39. The molecule has 1 aromatic rings. The second-order valence-electron chi connectivity index (χ2n) is 6.41. The first kappa shape index (κ1) is 15.5. The van der Waals surface area contributed by atoms with Crippen molar-refractivity contribution in [3.8, 4) is 0 Å². The molecule has 0 radical (unpaired) electrons. The molecule has 4 atom stereocenters. The van der Waals surface area contributed by atoms with Crippen LogP contribution >= 0.6 is 0 Å². The van der Waals surface area contributed by atoms with Gasteiger partial charge in [-0.25, -0.2) is 4.39 Å². The zero-order chi connectivity index (χ0) is 14.7. The van der Waals surface area contributed by atoms with Crippen molar-refractivity contribution in [1.82, 2.24) is 4.90 Å². The van der Waals surface area contributed by atoms with Gasteiger partial charge in [-0.15, -0.1) is 0 Å². The van der Waals surface area contributed by atoms with Gasteiger partial charge in [0.05, 0.1) is 0 Å². The maximum Gasteiger partial charge on any atom is 0.123 e. The molecule has 20 heavy (non-hydrogen) atoms. The van der Waals surface area contributed by atoms with Gasteiger partial charge in [-0.3, -0.25) is 4.90 Å². The molecule has 0 aromatic heterocycles. The van der Waals surface area contributed by atoms with Gasteiger partial charge in [0.1, 0.15) is 5.82 Å². The van der Waals surface area contributed by atoms with E-state index in [2.05, 4.69) is 25.8 Å². The molecule has 1 aliphatic carbocycles. The Hall–Kier alpha value is -0.930. The standard InChI is InChI=1S/C17H27FN2/c1-12-5-4-6-16(11-12)20(3)13(2)17(19)14-7-9-15(18)10-8-14/h7-10,12-13,16-17H,4-6,11,19H2,1-3H3. The Morgan fingerprint density at radius 1 is 1.25 bits per heavy atom. The van der Waals surface area contributed by atoms with E-state index < -0.39 is 0 Å². The Balaban J connectivity index is 2.01. The van der Waals surface area contributed by atoms with Crippen LogP contribution in [0.1, 0.15) is 51.1 Å². The molecule has 0 aliphatic heterocycles. The van der Waals surface area contributed by atoms with Crippen molar-refractivity contribution in [1.29, 1.82) is 0 Å². The zero-order valence-electron chi connectivity index (χ0n) is 12.8. The van der Waals surface area contributed by atoms with Crippen LogP contribution in [0.2, 0.25) is 0 Å². The van der Waals surface area contributed by atoms with E-state index in [9.17, 15) is 4.39 Å². The molecule has 1 aliphatic rings. The lowest BCUT2D eigenvalue weighted by molar-refractivity contribution is 0.112. The molecule has 0 amide bonds. The number of likely N-dealkylation sites (N-methyl/N-ethyl adjacent to an activating group) is 1. The van der Waals surface area contributed by atoms with Crippen LogP contribution in [-0.2, 0) is 0 Å². The van der Waals surface area contributed by atoms with Crippen LogP contribution in [0.15, 0.2) is 24.3 Å². The minimum Gasteiger partial charge on any atom is -0.323 e. The molecular weight excluding hydrogens is 251 g/mol. The maximum absolute atomic E-state index is 13.0. The zero-order valence-corrected chi connectivity index (χ0v) is 12.8. The lowest BCUT2D eigenvalue weighted by Gasteiger charge is -2.39. The van der Waals surface area contributed by atoms with Gasteiger partial charge < -0.3 is 5.73 Å². The fourth-order valence-corrected chi connectivity index (χ4v) is 3.32. The predicted molar refractivity (Wildman–Crippen MR) is 82.0 cm³/mol. The topological polar surface area (TPSA) is 29.3 Å². The Morgan fingerprint density at radius 2 is 1.90 bits per heavy atom. The van der Waals surface area contributed by atoms with E-state index >= 15 is 0 Å². The van der Waals surface area contributed by atoms with E-state index in [1.165, 1.54) is 37.8 Å². The molecule has 3 heteroatoms. The minimum atomic E-state index is -0.205. The summed E-state index contributed by atoms with van der Waals surface area (Å²) in [5.74, 6) is 0.605. The van der Waals surface area contributed by atoms with Gasteiger partial charge in [-0.05, 0) is 50.4 Å². The molecule has 1 saturated carbocycles. The molecule has 112 valence electrons. The number of nitrogens with zero attached hydrogens (tertiary/aromatic N) is 1. The van der Waals surface area contributed by atoms with Crippen LogP contribution in [0.4, 0.5) is 4.39 Å². The molecule has 2 N–H and O–H groups in total. The number of halogens is 1. The van der Waals surface area contributed by atoms with Gasteiger partial charge >= 0.3 is 0 Å². The van der Waals surface area contributed by atoms with E-state index in [0.29, 0.717) is 6.04 Å². The highest BCUT2D eigenvalue weighted by Gasteiger charge is 2.28. The van der Waals surface area contributed by atoms with Crippen molar-refractivity contribution < 1.29 is 4.39 Å². The first-order valence-corrected chi connectivity index (χ1v) is 7.72. The highest BCUT2D eigenvalue weighted by Crippen LogP contribution is 2.29. The highest BCUT2D eigenvalue weighted by atomic mass is 19.1. The molecule has 1 aromatic carbocycles. The summed E-state index contributed by atoms with van der Waals surface area (Å²) in [5, 5.41) is 0. The molecular formula is C17H27FN2. The summed E-state index contributed by atoms with van der Waals surface area (Å²) >= 11 is 0. The van der Waals surface area contributed by atoms with E-state index in [1.807, 2.05) is 0 Å². The van der Waals surface area contributed by atoms with Crippen molar-refractivity contribution >= 4 is 0 Å². The third kappa shape index (κ3) is 3.58. The Kier molecular flexibility index (Phi) is 5.17. The van der Waals surface area contributed by atoms with E-state index in [4.69, 9.17) is 5.73 Å². The first-order valence-electron chi connectivity index (χ1n) is 7.72. The fraction of sp³-hybridized carbons (Fsp3) is 0.647. The van der Waals surface area contributed by atoms with Crippen LogP contribution in [0.5, 0.6) is 0 Å². The van der Waals surface area contributed by atoms with Crippen molar-refractivity contribution in [3.63, 3.8) is 0 Å². The average molecular weight is 278 g/mol. The number of hydrogen-bond acceptors (Lipinski definition) is 2. The highest BCUT2D eigenvalue weighted by molar-refractivity contribution is 5.21. The smallest absolute Gasteiger partial charge is 0.123 e. The summed E-state index contributed by atoms with van der Waals surface area (Å²) in [6.07, 6.45) is 5.19. The minimum absolute atomic E-state index is 0.0715. The second-order valence-corrected chi connectivity index (χ2v) is 6.41. The van der Waals surface area contributed by atoms with E-state index in [-0.39, 0.29) is 17.9 Å². The van der Waals surface area contributed by atoms with Crippen LogP contribution in [0, 0.1) is 11.7 Å². The maximum atomic E-state index is 13.0. The molecule has 2 nitrogen and oxygen atoms in total. The number of benzene rings is 1. The van der Waals surface area contributed by atoms with Crippen molar-refractivity contribution in [3.05, 3.63) is 35.6 Å². The van der Waals surface area contributed by atoms with Gasteiger partial charge in [-0.1, -0.05) is 31.9 Å². The van der Waals surface area contributed by atoms with Crippen LogP contribution in [-0.4, -0.2) is 24.0 Å². The third-order valence-corrected chi connectivity index (χ3v) is 4.90. The molecule has 0 saturated heterocycles. The summed E-state index contributed by atoms with van der Waals surface area (Å²) in [7, 11) is 2.18. The van der Waals surface area contributed by atoms with Crippen LogP contribution < -0.4 is 5.73 Å². The molecule has 2 rings (SSSR count). The molecule has 4 unspecified atom stereocenters. The van der Waals surface area contributed by atoms with E-state index in [1.54, 1.807) is 12.1 Å². The van der Waals surface area contributed by atoms with Gasteiger partial charge in [0.25, 0.3) is 0 Å². The predicted octanol–water partition coefficient (Wildman–Crippen LogP) is 3.72. The van der Waals surface area contributed by atoms with Crippen LogP contribution in [0.3, 0.4) is 0 Å². The fourth-order valence-electron chi connectivity index (χ4n) is 3.32. The second kappa shape index (κ2) is 6.68. The summed E-state index contributed by atoms with van der Waals surface area (Å²) in [6.45, 7) is 4.51. The third-order valence-electron chi connectivity index (χ3n) is 4.90. The summed E-state index contributed by atoms with van der Waals surface area (Å²) in [4.78, 5) is 2.42. The number of nitrogens with two attached hydrogens (primary N) is 1. The lowest BCUT2D eigenvalue weighted by Crippen LogP contribution is -2.45. The largest absolute Gasteiger partial charge is 0.323 e. The molecule has 0 spiro atoms. The SMILES string of the molecule is CC1CCCC(N(C)C(C)C(N)c2ccc(F)cc2)C1. The Morgan fingerprint density at radius 3 is 2.50 bits per heavy atom. The first-order chi connectivity index (χ1) is 9.49.